The van der Waals surface area contributed by atoms with Gasteiger partial charge in [-0.1, -0.05) is 0 Å². The first-order valence-electron chi connectivity index (χ1n) is 5.38. The van der Waals surface area contributed by atoms with Gasteiger partial charge in [0, 0.05) is 12.4 Å². The lowest BCUT2D eigenvalue weighted by Crippen LogP contribution is -2.08. The predicted octanol–water partition coefficient (Wildman–Crippen LogP) is 1.73. The highest BCUT2D eigenvalue weighted by atomic mass is 19.1. The lowest BCUT2D eigenvalue weighted by Gasteiger charge is -2.09. The molecule has 1 N–H and O–H groups in total. The minimum Gasteiger partial charge on any atom is -0.486 e. The summed E-state index contributed by atoms with van der Waals surface area (Å²) < 4.78 is 33.7. The molecule has 1 aromatic heterocycles. The zero-order chi connectivity index (χ0) is 13.0. The van der Waals surface area contributed by atoms with E-state index < -0.39 is 24.0 Å². The second-order valence-corrected chi connectivity index (χ2v) is 3.70. The summed E-state index contributed by atoms with van der Waals surface area (Å²) in [7, 11) is 0. The number of nitrogens with zero attached hydrogens (tertiary/aromatic N) is 2. The van der Waals surface area contributed by atoms with Crippen molar-refractivity contribution in [1.29, 1.82) is 0 Å². The van der Waals surface area contributed by atoms with Crippen LogP contribution in [0.15, 0.2) is 30.9 Å². The Balaban J connectivity index is 2.01. The highest BCUT2D eigenvalue weighted by Crippen LogP contribution is 2.23. The van der Waals surface area contributed by atoms with Crippen molar-refractivity contribution in [3.63, 3.8) is 0 Å². The fraction of sp³-hybridized carbons (Fsp3) is 0.250. The van der Waals surface area contributed by atoms with Gasteiger partial charge in [0.2, 0.25) is 0 Å². The zero-order valence-corrected chi connectivity index (χ0v) is 9.51. The number of halogens is 2. The second kappa shape index (κ2) is 5.59. The van der Waals surface area contributed by atoms with E-state index in [0.29, 0.717) is 6.54 Å². The van der Waals surface area contributed by atoms with E-state index >= 15 is 0 Å². The summed E-state index contributed by atoms with van der Waals surface area (Å²) >= 11 is 0. The van der Waals surface area contributed by atoms with Gasteiger partial charge in [0.15, 0.2) is 17.4 Å². The maximum absolute atomic E-state index is 13.5. The predicted molar refractivity (Wildman–Crippen MR) is 60.0 cm³/mol. The van der Waals surface area contributed by atoms with Crippen LogP contribution in [0, 0.1) is 11.6 Å². The fourth-order valence-corrected chi connectivity index (χ4v) is 1.51. The summed E-state index contributed by atoms with van der Waals surface area (Å²) in [6.07, 6.45) is 4.92. The molecule has 6 heteroatoms. The van der Waals surface area contributed by atoms with Gasteiger partial charge >= 0.3 is 0 Å². The number of aromatic nitrogens is 2. The standard InChI is InChI=1S/C12H12F2N2O2/c13-10-5-9(7-17)6-11(14)12(10)18-4-3-16-2-1-15-8-16/h1-2,5-6,8,17H,3-4,7H2. The monoisotopic (exact) mass is 254 g/mol. The van der Waals surface area contributed by atoms with E-state index in [0.717, 1.165) is 12.1 Å². The van der Waals surface area contributed by atoms with E-state index in [1.54, 1.807) is 23.3 Å². The summed E-state index contributed by atoms with van der Waals surface area (Å²) in [5.41, 5.74) is 0.173. The quantitative estimate of drug-likeness (QED) is 0.884. The molecule has 0 atom stereocenters. The first-order valence-corrected chi connectivity index (χ1v) is 5.38. The molecular formula is C12H12F2N2O2. The van der Waals surface area contributed by atoms with Crippen molar-refractivity contribution in [3.8, 4) is 5.75 Å². The molecule has 0 saturated carbocycles. The molecule has 0 amide bonds. The molecule has 0 spiro atoms. The molecule has 1 aromatic carbocycles. The van der Waals surface area contributed by atoms with Gasteiger partial charge in [-0.2, -0.15) is 0 Å². The highest BCUT2D eigenvalue weighted by Gasteiger charge is 2.12. The molecule has 0 aliphatic rings. The van der Waals surface area contributed by atoms with Crippen LogP contribution in [0.5, 0.6) is 5.75 Å². The highest BCUT2D eigenvalue weighted by molar-refractivity contribution is 5.31. The maximum Gasteiger partial charge on any atom is 0.190 e. The smallest absolute Gasteiger partial charge is 0.190 e. The van der Waals surface area contributed by atoms with Gasteiger partial charge in [-0.3, -0.25) is 0 Å². The molecule has 96 valence electrons. The lowest BCUT2D eigenvalue weighted by molar-refractivity contribution is 0.264. The Hall–Kier alpha value is -1.95. The Morgan fingerprint density at radius 3 is 2.56 bits per heavy atom. The molecule has 1 heterocycles. The molecule has 0 aliphatic heterocycles. The van der Waals surface area contributed by atoms with Crippen molar-refractivity contribution in [1.82, 2.24) is 9.55 Å². The van der Waals surface area contributed by atoms with E-state index in [9.17, 15) is 8.78 Å². The van der Waals surface area contributed by atoms with Gasteiger partial charge in [-0.25, -0.2) is 13.8 Å². The van der Waals surface area contributed by atoms with Crippen LogP contribution in [0.25, 0.3) is 0 Å². The van der Waals surface area contributed by atoms with E-state index in [-0.39, 0.29) is 12.2 Å². The molecule has 2 aromatic rings. The van der Waals surface area contributed by atoms with Crippen LogP contribution in [0.3, 0.4) is 0 Å². The third-order valence-corrected chi connectivity index (χ3v) is 2.40. The lowest BCUT2D eigenvalue weighted by atomic mass is 10.2. The van der Waals surface area contributed by atoms with Crippen LogP contribution >= 0.6 is 0 Å². The number of hydrogen-bond donors (Lipinski definition) is 1. The van der Waals surface area contributed by atoms with Crippen LogP contribution < -0.4 is 4.74 Å². The van der Waals surface area contributed by atoms with Crippen LogP contribution in [0.1, 0.15) is 5.56 Å². The van der Waals surface area contributed by atoms with Gasteiger partial charge < -0.3 is 14.4 Å². The van der Waals surface area contributed by atoms with Crippen molar-refractivity contribution in [2.45, 2.75) is 13.2 Å². The van der Waals surface area contributed by atoms with Crippen molar-refractivity contribution in [2.24, 2.45) is 0 Å². The van der Waals surface area contributed by atoms with Crippen LogP contribution in [-0.4, -0.2) is 21.3 Å². The van der Waals surface area contributed by atoms with Crippen LogP contribution in [0.4, 0.5) is 8.78 Å². The van der Waals surface area contributed by atoms with Gasteiger partial charge in [0.25, 0.3) is 0 Å². The van der Waals surface area contributed by atoms with E-state index in [1.165, 1.54) is 0 Å². The van der Waals surface area contributed by atoms with Gasteiger partial charge in [0.05, 0.1) is 19.5 Å². The molecule has 4 nitrogen and oxygen atoms in total. The summed E-state index contributed by atoms with van der Waals surface area (Å²) in [6.45, 7) is 0.159. The molecule has 2 rings (SSSR count). The van der Waals surface area contributed by atoms with Crippen molar-refractivity contribution < 1.29 is 18.6 Å². The number of aliphatic hydroxyl groups is 1. The minimum absolute atomic E-state index is 0.128. The topological polar surface area (TPSA) is 47.3 Å². The maximum atomic E-state index is 13.5. The summed E-state index contributed by atoms with van der Waals surface area (Å²) in [4.78, 5) is 3.84. The van der Waals surface area contributed by atoms with E-state index in [2.05, 4.69) is 4.98 Å². The average Bonchev–Trinajstić information content (AvgIpc) is 2.85. The Morgan fingerprint density at radius 1 is 1.28 bits per heavy atom. The SMILES string of the molecule is OCc1cc(F)c(OCCn2ccnc2)c(F)c1. The average molecular weight is 254 g/mol. The first kappa shape index (κ1) is 12.5. The summed E-state index contributed by atoms with van der Waals surface area (Å²) in [5, 5.41) is 8.79. The number of ether oxygens (including phenoxy) is 1. The fourth-order valence-electron chi connectivity index (χ4n) is 1.51. The first-order chi connectivity index (χ1) is 8.70. The van der Waals surface area contributed by atoms with E-state index in [4.69, 9.17) is 9.84 Å². The molecule has 0 aliphatic carbocycles. The van der Waals surface area contributed by atoms with Crippen LogP contribution in [0.2, 0.25) is 0 Å². The summed E-state index contributed by atoms with van der Waals surface area (Å²) in [6, 6.07) is 2.10. The molecule has 0 radical (unpaired) electrons. The Bertz CT molecular complexity index is 492. The number of rotatable bonds is 5. The number of imidazole rings is 1. The van der Waals surface area contributed by atoms with Crippen molar-refractivity contribution in [2.75, 3.05) is 6.61 Å². The molecule has 18 heavy (non-hydrogen) atoms. The Morgan fingerprint density at radius 2 is 2.00 bits per heavy atom. The number of aliphatic hydroxyl groups excluding tert-OH is 1. The van der Waals surface area contributed by atoms with Gasteiger partial charge in [-0.05, 0) is 17.7 Å². The Kier molecular flexibility index (Phi) is 3.88. The largest absolute Gasteiger partial charge is 0.486 e. The van der Waals surface area contributed by atoms with E-state index in [1.807, 2.05) is 0 Å². The molecule has 0 bridgehead atoms. The molecular weight excluding hydrogens is 242 g/mol. The minimum atomic E-state index is -0.815. The van der Waals surface area contributed by atoms with Gasteiger partial charge in [-0.15, -0.1) is 0 Å². The summed E-state index contributed by atoms with van der Waals surface area (Å²) in [5.74, 6) is -2.05. The number of hydrogen-bond acceptors (Lipinski definition) is 3. The zero-order valence-electron chi connectivity index (χ0n) is 9.51. The van der Waals surface area contributed by atoms with Gasteiger partial charge in [0.1, 0.15) is 6.61 Å². The third-order valence-electron chi connectivity index (χ3n) is 2.40. The second-order valence-electron chi connectivity index (χ2n) is 3.70. The normalized spacial score (nSPS) is 10.6. The molecule has 0 fully saturated rings. The van der Waals surface area contributed by atoms with Crippen LogP contribution in [-0.2, 0) is 13.2 Å². The van der Waals surface area contributed by atoms with Crippen molar-refractivity contribution in [3.05, 3.63) is 48.1 Å². The van der Waals surface area contributed by atoms with Crippen molar-refractivity contribution >= 4 is 0 Å². The molecule has 0 unspecified atom stereocenters. The Labute approximate surface area is 102 Å². The molecule has 0 saturated heterocycles. The number of benzene rings is 1. The third kappa shape index (κ3) is 2.84.